The molecule has 0 spiro atoms. The van der Waals surface area contributed by atoms with E-state index in [-0.39, 0.29) is 18.1 Å². The number of morpholine rings is 1. The third-order valence-corrected chi connectivity index (χ3v) is 6.37. The lowest BCUT2D eigenvalue weighted by atomic mass is 9.77. The van der Waals surface area contributed by atoms with Gasteiger partial charge in [0.15, 0.2) is 0 Å². The quantitative estimate of drug-likeness (QED) is 0.861. The molecule has 2 aliphatic heterocycles. The van der Waals surface area contributed by atoms with Gasteiger partial charge in [0.25, 0.3) is 5.91 Å². The first-order valence-electron chi connectivity index (χ1n) is 9.76. The van der Waals surface area contributed by atoms with Gasteiger partial charge in [-0.15, -0.1) is 0 Å². The summed E-state index contributed by atoms with van der Waals surface area (Å²) >= 11 is 0. The van der Waals surface area contributed by atoms with Crippen molar-refractivity contribution in [2.24, 2.45) is 11.8 Å². The predicted molar refractivity (Wildman–Crippen MR) is 98.0 cm³/mol. The summed E-state index contributed by atoms with van der Waals surface area (Å²) in [4.78, 5) is 21.8. The Morgan fingerprint density at radius 2 is 1.85 bits per heavy atom. The van der Waals surface area contributed by atoms with Gasteiger partial charge in [0, 0.05) is 37.9 Å². The predicted octanol–water partition coefficient (Wildman–Crippen LogP) is 1.24. The van der Waals surface area contributed by atoms with E-state index in [1.165, 1.54) is 0 Å². The first kappa shape index (κ1) is 17.9. The van der Waals surface area contributed by atoms with E-state index < -0.39 is 0 Å². The second-order valence-electron chi connectivity index (χ2n) is 8.07. The number of amides is 1. The maximum atomic E-state index is 13.0. The molecule has 1 aromatic rings. The van der Waals surface area contributed by atoms with Crippen molar-refractivity contribution in [1.82, 2.24) is 14.8 Å². The van der Waals surface area contributed by atoms with Gasteiger partial charge < -0.3 is 14.7 Å². The number of pyridine rings is 1. The van der Waals surface area contributed by atoms with Crippen LogP contribution in [0.15, 0.2) is 12.1 Å². The summed E-state index contributed by atoms with van der Waals surface area (Å²) < 4.78 is 5.45. The van der Waals surface area contributed by atoms with Gasteiger partial charge in [-0.3, -0.25) is 14.7 Å². The van der Waals surface area contributed by atoms with Crippen LogP contribution in [0.1, 0.15) is 34.6 Å². The van der Waals surface area contributed by atoms with Crippen LogP contribution in [0.25, 0.3) is 0 Å². The molecule has 3 heterocycles. The lowest BCUT2D eigenvalue weighted by Gasteiger charge is -2.43. The number of hydrogen-bond donors (Lipinski definition) is 1. The molecule has 0 unspecified atom stereocenters. The second kappa shape index (κ2) is 7.25. The third-order valence-electron chi connectivity index (χ3n) is 6.37. The highest BCUT2D eigenvalue weighted by Gasteiger charge is 2.45. The van der Waals surface area contributed by atoms with E-state index in [4.69, 9.17) is 4.74 Å². The van der Waals surface area contributed by atoms with Crippen LogP contribution in [-0.4, -0.2) is 77.3 Å². The van der Waals surface area contributed by atoms with Crippen molar-refractivity contribution in [2.45, 2.75) is 38.8 Å². The van der Waals surface area contributed by atoms with Crippen LogP contribution >= 0.6 is 0 Å². The Hall–Kier alpha value is -1.50. The highest BCUT2D eigenvalue weighted by molar-refractivity contribution is 5.95. The van der Waals surface area contributed by atoms with E-state index in [1.54, 1.807) is 0 Å². The summed E-state index contributed by atoms with van der Waals surface area (Å²) in [5.74, 6) is 0.973. The van der Waals surface area contributed by atoms with Crippen LogP contribution < -0.4 is 0 Å². The van der Waals surface area contributed by atoms with Crippen LogP contribution in [0.2, 0.25) is 0 Å². The highest BCUT2D eigenvalue weighted by atomic mass is 16.5. The molecule has 0 radical (unpaired) electrons. The van der Waals surface area contributed by atoms with E-state index in [9.17, 15) is 9.90 Å². The summed E-state index contributed by atoms with van der Waals surface area (Å²) in [7, 11) is 0. The van der Waals surface area contributed by atoms with Crippen molar-refractivity contribution < 1.29 is 14.6 Å². The van der Waals surface area contributed by atoms with Crippen molar-refractivity contribution in [3.8, 4) is 0 Å². The Kier molecular flexibility index (Phi) is 4.99. The number of likely N-dealkylation sites (tertiary alicyclic amines) is 1. The van der Waals surface area contributed by atoms with Crippen LogP contribution in [0.5, 0.6) is 0 Å². The van der Waals surface area contributed by atoms with Gasteiger partial charge in [-0.2, -0.15) is 0 Å². The Bertz CT molecular complexity index is 674. The molecule has 142 valence electrons. The Morgan fingerprint density at radius 3 is 2.54 bits per heavy atom. The van der Waals surface area contributed by atoms with Gasteiger partial charge >= 0.3 is 0 Å². The van der Waals surface area contributed by atoms with Crippen LogP contribution in [0, 0.1) is 25.7 Å². The standard InChI is InChI=1S/C20H29N3O3/c1-13-3-4-17(14(2)21-13)20(25)23-11-15-9-18(19(24)10-16(15)12-23)22-5-7-26-8-6-22/h3-4,15-16,18-19,24H,5-12H2,1-2H3/t15-,16+,18-,19-/m1/s1. The van der Waals surface area contributed by atoms with Crippen LogP contribution in [0.3, 0.4) is 0 Å². The summed E-state index contributed by atoms with van der Waals surface area (Å²) in [6, 6.07) is 4.01. The van der Waals surface area contributed by atoms with E-state index in [1.807, 2.05) is 30.9 Å². The normalized spacial score (nSPS) is 32.5. The average molecular weight is 359 g/mol. The number of ether oxygens (including phenoxy) is 1. The number of rotatable bonds is 2. The lowest BCUT2D eigenvalue weighted by molar-refractivity contribution is -0.0520. The molecule has 1 aliphatic carbocycles. The van der Waals surface area contributed by atoms with E-state index in [2.05, 4.69) is 9.88 Å². The zero-order valence-corrected chi connectivity index (χ0v) is 15.7. The largest absolute Gasteiger partial charge is 0.391 e. The van der Waals surface area contributed by atoms with Crippen molar-refractivity contribution >= 4 is 5.91 Å². The molecule has 0 aromatic carbocycles. The number of aryl methyl sites for hydroxylation is 2. The van der Waals surface area contributed by atoms with Crippen LogP contribution in [-0.2, 0) is 4.74 Å². The van der Waals surface area contributed by atoms with Gasteiger partial charge in [-0.05, 0) is 50.7 Å². The van der Waals surface area contributed by atoms with E-state index in [0.29, 0.717) is 17.4 Å². The van der Waals surface area contributed by atoms with Gasteiger partial charge in [0.2, 0.25) is 0 Å². The average Bonchev–Trinajstić information content (AvgIpc) is 3.04. The van der Waals surface area contributed by atoms with Crippen molar-refractivity contribution in [3.63, 3.8) is 0 Å². The molecule has 4 atom stereocenters. The highest BCUT2D eigenvalue weighted by Crippen LogP contribution is 2.39. The minimum atomic E-state index is -0.299. The van der Waals surface area contributed by atoms with E-state index >= 15 is 0 Å². The van der Waals surface area contributed by atoms with Crippen LogP contribution in [0.4, 0.5) is 0 Å². The maximum Gasteiger partial charge on any atom is 0.255 e. The molecule has 6 nitrogen and oxygen atoms in total. The fourth-order valence-corrected chi connectivity index (χ4v) is 4.96. The number of aliphatic hydroxyl groups is 1. The Balaban J connectivity index is 1.44. The summed E-state index contributed by atoms with van der Waals surface area (Å²) in [6.07, 6.45) is 1.47. The smallest absolute Gasteiger partial charge is 0.255 e. The molecule has 2 saturated heterocycles. The van der Waals surface area contributed by atoms with Crippen molar-refractivity contribution in [1.29, 1.82) is 0 Å². The number of carbonyl (C=O) groups excluding carboxylic acids is 1. The third kappa shape index (κ3) is 3.38. The summed E-state index contributed by atoms with van der Waals surface area (Å²) in [6.45, 7) is 8.70. The molecular formula is C20H29N3O3. The topological polar surface area (TPSA) is 65.9 Å². The molecule has 1 saturated carbocycles. The molecule has 1 aromatic heterocycles. The van der Waals surface area contributed by atoms with Crippen molar-refractivity contribution in [3.05, 3.63) is 29.1 Å². The minimum absolute atomic E-state index is 0.0850. The SMILES string of the molecule is Cc1ccc(C(=O)N2C[C@H]3C[C@@H](N4CCOCC4)[C@H](O)C[C@H]3C2)c(C)n1. The number of aromatic nitrogens is 1. The van der Waals surface area contributed by atoms with Gasteiger partial charge in [-0.1, -0.05) is 0 Å². The summed E-state index contributed by atoms with van der Waals surface area (Å²) in [5.41, 5.74) is 2.45. The van der Waals surface area contributed by atoms with Gasteiger partial charge in [0.1, 0.15) is 0 Å². The molecule has 1 amide bonds. The molecule has 6 heteroatoms. The lowest BCUT2D eigenvalue weighted by Crippen LogP contribution is -2.53. The molecular weight excluding hydrogens is 330 g/mol. The summed E-state index contributed by atoms with van der Waals surface area (Å²) in [5, 5.41) is 10.7. The molecule has 26 heavy (non-hydrogen) atoms. The Labute approximate surface area is 155 Å². The monoisotopic (exact) mass is 359 g/mol. The number of carbonyl (C=O) groups is 1. The molecule has 3 aliphatic rings. The zero-order valence-electron chi connectivity index (χ0n) is 15.7. The molecule has 3 fully saturated rings. The van der Waals surface area contributed by atoms with Gasteiger partial charge in [0.05, 0.1) is 30.6 Å². The van der Waals surface area contributed by atoms with Crippen molar-refractivity contribution in [2.75, 3.05) is 39.4 Å². The fraction of sp³-hybridized carbons (Fsp3) is 0.700. The second-order valence-corrected chi connectivity index (χ2v) is 8.07. The number of fused-ring (bicyclic) bond motifs is 1. The van der Waals surface area contributed by atoms with Gasteiger partial charge in [-0.25, -0.2) is 0 Å². The first-order chi connectivity index (χ1) is 12.5. The number of nitrogens with zero attached hydrogens (tertiary/aromatic N) is 3. The number of hydrogen-bond acceptors (Lipinski definition) is 5. The Morgan fingerprint density at radius 1 is 1.15 bits per heavy atom. The molecule has 0 bridgehead atoms. The maximum absolute atomic E-state index is 13.0. The molecule has 1 N–H and O–H groups in total. The minimum Gasteiger partial charge on any atom is -0.391 e. The molecule has 4 rings (SSSR count). The first-order valence-corrected chi connectivity index (χ1v) is 9.76. The fourth-order valence-electron chi connectivity index (χ4n) is 4.96. The number of aliphatic hydroxyl groups excluding tert-OH is 1. The zero-order chi connectivity index (χ0) is 18.3. The van der Waals surface area contributed by atoms with E-state index in [0.717, 1.165) is 63.6 Å².